The Bertz CT molecular complexity index is 1500. The van der Waals surface area contributed by atoms with Gasteiger partial charge in [-0.2, -0.15) is 31.1 Å². The van der Waals surface area contributed by atoms with Crippen molar-refractivity contribution in [2.45, 2.75) is 83.9 Å². The van der Waals surface area contributed by atoms with Gasteiger partial charge in [-0.1, -0.05) is 11.2 Å². The summed E-state index contributed by atoms with van der Waals surface area (Å²) in [5.74, 6) is 0.0288. The third-order valence-corrected chi connectivity index (χ3v) is 7.72. The van der Waals surface area contributed by atoms with E-state index in [0.29, 0.717) is 42.6 Å². The largest absolute Gasteiger partial charge is 0.533 e. The second kappa shape index (κ2) is 11.8. The fourth-order valence-electron chi connectivity index (χ4n) is 5.98. The topological polar surface area (TPSA) is 85.6 Å². The molecule has 0 bridgehead atoms. The van der Waals surface area contributed by atoms with Crippen LogP contribution >= 0.6 is 0 Å². The Morgan fingerprint density at radius 1 is 1.02 bits per heavy atom. The Morgan fingerprint density at radius 2 is 1.68 bits per heavy atom. The normalized spacial score (nSPS) is 16.9. The van der Waals surface area contributed by atoms with Crippen molar-refractivity contribution in [3.63, 3.8) is 0 Å². The van der Waals surface area contributed by atoms with Crippen LogP contribution in [-0.4, -0.2) is 39.0 Å². The molecule has 0 N–H and O–H groups in total. The van der Waals surface area contributed by atoms with Crippen LogP contribution in [0.1, 0.15) is 78.1 Å². The number of alkyl halides is 6. The number of benzene rings is 2. The first-order valence-electron chi connectivity index (χ1n) is 14.2. The summed E-state index contributed by atoms with van der Waals surface area (Å²) in [5.41, 5.74) is 1.37. The van der Waals surface area contributed by atoms with Gasteiger partial charge in [0, 0.05) is 12.1 Å². The van der Waals surface area contributed by atoms with E-state index in [1.165, 1.54) is 16.9 Å². The van der Waals surface area contributed by atoms with Crippen LogP contribution in [0.5, 0.6) is 0 Å². The molecule has 0 amide bonds. The third-order valence-electron chi connectivity index (χ3n) is 7.72. The summed E-state index contributed by atoms with van der Waals surface area (Å²) in [5, 5.41) is 13.8. The number of fused-ring (bicyclic) bond motifs is 3. The summed E-state index contributed by atoms with van der Waals surface area (Å²) in [6, 6.07) is 2.85. The molecule has 44 heavy (non-hydrogen) atoms. The molecule has 2 aromatic carbocycles. The minimum atomic E-state index is -5.00. The fraction of sp³-hybridized carbons (Fsp3) is 0.517. The lowest BCUT2D eigenvalue weighted by Gasteiger charge is -2.33. The van der Waals surface area contributed by atoms with E-state index >= 15 is 0 Å². The van der Waals surface area contributed by atoms with E-state index in [9.17, 15) is 31.1 Å². The monoisotopic (exact) mass is 626 g/mol. The van der Waals surface area contributed by atoms with E-state index in [-0.39, 0.29) is 30.7 Å². The first-order valence-corrected chi connectivity index (χ1v) is 14.2. The van der Waals surface area contributed by atoms with Crippen LogP contribution < -0.4 is 9.96 Å². The highest BCUT2D eigenvalue weighted by molar-refractivity contribution is 5.70. The number of nitrogens with zero attached hydrogens (tertiary/aromatic N) is 6. The van der Waals surface area contributed by atoms with E-state index < -0.39 is 41.8 Å². The first-order chi connectivity index (χ1) is 20.6. The van der Waals surface area contributed by atoms with Crippen LogP contribution in [0.3, 0.4) is 0 Å². The predicted octanol–water partition coefficient (Wildman–Crippen LogP) is 6.87. The molecule has 3 aromatic rings. The summed E-state index contributed by atoms with van der Waals surface area (Å²) in [6.07, 6.45) is -8.04. The number of hydrogen-bond acceptors (Lipinski definition) is 8. The highest BCUT2D eigenvalue weighted by Crippen LogP contribution is 2.46. The van der Waals surface area contributed by atoms with E-state index in [1.807, 2.05) is 13.0 Å². The van der Waals surface area contributed by atoms with Gasteiger partial charge in [-0.15, -0.1) is 5.10 Å². The summed E-state index contributed by atoms with van der Waals surface area (Å²) in [6.45, 7) is 5.25. The van der Waals surface area contributed by atoms with Crippen LogP contribution in [0.4, 0.5) is 42.8 Å². The minimum absolute atomic E-state index is 0.0288. The molecule has 9 nitrogen and oxygen atoms in total. The zero-order valence-corrected chi connectivity index (χ0v) is 24.6. The summed E-state index contributed by atoms with van der Waals surface area (Å²) >= 11 is 0. The Kier molecular flexibility index (Phi) is 8.42. The number of tetrazole rings is 1. The number of hydroxylamine groups is 1. The highest BCUT2D eigenvalue weighted by atomic mass is 19.4. The Hall–Kier alpha value is -4.04. The lowest BCUT2D eigenvalue weighted by Crippen LogP contribution is -2.32. The van der Waals surface area contributed by atoms with Crippen LogP contribution in [0.2, 0.25) is 0 Å². The van der Waals surface area contributed by atoms with Crippen molar-refractivity contribution in [2.75, 3.05) is 16.5 Å². The molecule has 0 saturated heterocycles. The second-order valence-corrected chi connectivity index (χ2v) is 11.3. The molecule has 0 fully saturated rings. The molecule has 1 aliphatic heterocycles. The Labute approximate surface area is 249 Å². The standard InChI is InChI=1S/C29H32F6N6O3/c1-16(2)43-27(42)44-41-10-6-9-24(23-11-17(3)21-7-5-8-22(21)25(23)41)40(26-36-38-39(4)37-26)15-18-12-19(28(30,31)32)14-20(13-18)29(33,34)35/h11-14,16,24H,5-10,15H2,1-4H3/t24-/m0/s1. The van der Waals surface area contributed by atoms with Gasteiger partial charge < -0.3 is 14.5 Å². The molecule has 1 atom stereocenters. The molecule has 1 aliphatic carbocycles. The van der Waals surface area contributed by atoms with E-state index in [0.717, 1.165) is 29.5 Å². The molecule has 2 heterocycles. The number of ether oxygens (including phenoxy) is 1. The van der Waals surface area contributed by atoms with Crippen molar-refractivity contribution in [3.05, 3.63) is 63.2 Å². The van der Waals surface area contributed by atoms with Gasteiger partial charge in [-0.25, -0.2) is 9.86 Å². The molecule has 1 aromatic heterocycles. The van der Waals surface area contributed by atoms with Crippen molar-refractivity contribution in [2.24, 2.45) is 7.05 Å². The number of halogens is 6. The molecule has 238 valence electrons. The van der Waals surface area contributed by atoms with E-state index in [1.54, 1.807) is 18.7 Å². The smallest absolute Gasteiger partial charge is 0.430 e. The van der Waals surface area contributed by atoms with Crippen molar-refractivity contribution < 1.29 is 40.7 Å². The maximum absolute atomic E-state index is 13.7. The number of hydrogen-bond donors (Lipinski definition) is 0. The van der Waals surface area contributed by atoms with Gasteiger partial charge in [0.1, 0.15) is 0 Å². The predicted molar refractivity (Wildman–Crippen MR) is 147 cm³/mol. The summed E-state index contributed by atoms with van der Waals surface area (Å²) < 4.78 is 87.6. The average molecular weight is 627 g/mol. The van der Waals surface area contributed by atoms with Crippen LogP contribution in [0.15, 0.2) is 24.3 Å². The summed E-state index contributed by atoms with van der Waals surface area (Å²) in [4.78, 5) is 21.0. The van der Waals surface area contributed by atoms with Crippen LogP contribution in [0, 0.1) is 6.92 Å². The molecule has 15 heteroatoms. The van der Waals surface area contributed by atoms with Gasteiger partial charge >= 0.3 is 18.5 Å². The molecule has 0 radical (unpaired) electrons. The fourth-order valence-corrected chi connectivity index (χ4v) is 5.98. The van der Waals surface area contributed by atoms with E-state index in [4.69, 9.17) is 9.57 Å². The SMILES string of the molecule is Cc1cc2c(c3c1CCC3)N(OC(=O)OC(C)C)CCC[C@@H]2N(Cc1cc(C(F)(F)F)cc(C(F)(F)F)c1)c1nnn(C)n1. The molecule has 5 rings (SSSR count). The van der Waals surface area contributed by atoms with Gasteiger partial charge in [-0.05, 0) is 98.5 Å². The lowest BCUT2D eigenvalue weighted by atomic mass is 9.92. The van der Waals surface area contributed by atoms with E-state index in [2.05, 4.69) is 15.4 Å². The zero-order valence-electron chi connectivity index (χ0n) is 24.6. The third kappa shape index (κ3) is 6.55. The van der Waals surface area contributed by atoms with Crippen LogP contribution in [0.25, 0.3) is 0 Å². The summed E-state index contributed by atoms with van der Waals surface area (Å²) in [7, 11) is 1.51. The van der Waals surface area contributed by atoms with Crippen molar-refractivity contribution in [1.29, 1.82) is 0 Å². The van der Waals surface area contributed by atoms with Gasteiger partial charge in [0.15, 0.2) is 0 Å². The number of rotatable bonds is 6. The quantitative estimate of drug-likeness (QED) is 0.217. The number of aromatic nitrogens is 4. The molecular formula is C29H32F6N6O3. The van der Waals surface area contributed by atoms with Crippen molar-refractivity contribution in [1.82, 2.24) is 20.2 Å². The Morgan fingerprint density at radius 3 is 2.27 bits per heavy atom. The van der Waals surface area contributed by atoms with Gasteiger partial charge in [0.05, 0.1) is 42.6 Å². The second-order valence-electron chi connectivity index (χ2n) is 11.3. The highest BCUT2D eigenvalue weighted by Gasteiger charge is 2.39. The van der Waals surface area contributed by atoms with Crippen molar-refractivity contribution >= 4 is 17.8 Å². The van der Waals surface area contributed by atoms with Gasteiger partial charge in [0.25, 0.3) is 5.95 Å². The molecular weight excluding hydrogens is 594 g/mol. The average Bonchev–Trinajstić information content (AvgIpc) is 3.54. The number of carbonyl (C=O) groups is 1. The number of anilines is 2. The van der Waals surface area contributed by atoms with Crippen molar-refractivity contribution in [3.8, 4) is 0 Å². The van der Waals surface area contributed by atoms with Gasteiger partial charge in [0.2, 0.25) is 0 Å². The number of carbonyl (C=O) groups excluding carboxylic acids is 1. The molecule has 0 saturated carbocycles. The minimum Gasteiger partial charge on any atom is -0.430 e. The van der Waals surface area contributed by atoms with Gasteiger partial charge in [-0.3, -0.25) is 0 Å². The molecule has 0 unspecified atom stereocenters. The zero-order chi connectivity index (χ0) is 32.0. The molecule has 0 spiro atoms. The maximum atomic E-state index is 13.7. The first kappa shape index (κ1) is 31.4. The number of aryl methyl sites for hydroxylation is 2. The van der Waals surface area contributed by atoms with Crippen LogP contribution in [-0.2, 0) is 48.4 Å². The lowest BCUT2D eigenvalue weighted by molar-refractivity contribution is -0.143. The maximum Gasteiger partial charge on any atom is 0.533 e. The Balaban J connectivity index is 1.65. The molecule has 2 aliphatic rings.